The molecule has 0 aliphatic heterocycles. The molecule has 0 radical (unpaired) electrons. The predicted molar refractivity (Wildman–Crippen MR) is 83.9 cm³/mol. The molecule has 0 spiro atoms. The van der Waals surface area contributed by atoms with E-state index in [1.807, 2.05) is 11.7 Å². The summed E-state index contributed by atoms with van der Waals surface area (Å²) in [5, 5.41) is 8.16. The highest BCUT2D eigenvalue weighted by Crippen LogP contribution is 2.23. The topological polar surface area (TPSA) is 29.9 Å². The third kappa shape index (κ3) is 3.10. The van der Waals surface area contributed by atoms with Crippen molar-refractivity contribution in [2.75, 3.05) is 6.54 Å². The average molecular weight is 271 g/mol. The number of hydrogen-bond acceptors (Lipinski definition) is 2. The molecule has 3 heteroatoms. The summed E-state index contributed by atoms with van der Waals surface area (Å²) < 4.78 is 2.00. The molecule has 1 unspecified atom stereocenters. The second-order valence-electron chi connectivity index (χ2n) is 5.13. The van der Waals surface area contributed by atoms with E-state index in [9.17, 15) is 0 Å². The van der Waals surface area contributed by atoms with Gasteiger partial charge in [-0.2, -0.15) is 5.10 Å². The molecule has 0 amide bonds. The molecular formula is C17H25N3. The Morgan fingerprint density at radius 3 is 2.55 bits per heavy atom. The van der Waals surface area contributed by atoms with Crippen LogP contribution >= 0.6 is 0 Å². The van der Waals surface area contributed by atoms with Crippen molar-refractivity contribution in [3.63, 3.8) is 0 Å². The number of aryl methyl sites for hydroxylation is 3. The summed E-state index contributed by atoms with van der Waals surface area (Å²) in [4.78, 5) is 0. The quantitative estimate of drug-likeness (QED) is 0.874. The Bertz CT molecular complexity index is 557. The Balaban J connectivity index is 2.41. The zero-order valence-corrected chi connectivity index (χ0v) is 13.0. The van der Waals surface area contributed by atoms with E-state index in [-0.39, 0.29) is 6.04 Å². The Labute approximate surface area is 122 Å². The molecule has 3 nitrogen and oxygen atoms in total. The van der Waals surface area contributed by atoms with Crippen LogP contribution in [0.3, 0.4) is 0 Å². The average Bonchev–Trinajstić information content (AvgIpc) is 2.86. The summed E-state index contributed by atoms with van der Waals surface area (Å²) in [6.07, 6.45) is 2.04. The molecule has 1 aromatic carbocycles. The van der Waals surface area contributed by atoms with Crippen LogP contribution in [0.25, 0.3) is 0 Å². The van der Waals surface area contributed by atoms with E-state index in [0.717, 1.165) is 25.1 Å². The van der Waals surface area contributed by atoms with Gasteiger partial charge in [0.25, 0.3) is 0 Å². The maximum atomic E-state index is 4.58. The van der Waals surface area contributed by atoms with E-state index >= 15 is 0 Å². The fourth-order valence-electron chi connectivity index (χ4n) is 2.58. The number of benzene rings is 1. The standard InChI is InChI=1S/C17H25N3/c1-5-13-9-8-10-14(11-13)17(18-7-3)16-12-15(6-2)19-20(16)4/h8-12,17-18H,5-7H2,1-4H3. The first-order valence-corrected chi connectivity index (χ1v) is 7.54. The summed E-state index contributed by atoms with van der Waals surface area (Å²) in [6, 6.07) is 11.3. The first-order chi connectivity index (χ1) is 9.69. The number of aromatic nitrogens is 2. The number of rotatable bonds is 6. The van der Waals surface area contributed by atoms with Crippen LogP contribution in [-0.4, -0.2) is 16.3 Å². The second-order valence-corrected chi connectivity index (χ2v) is 5.13. The minimum absolute atomic E-state index is 0.212. The van der Waals surface area contributed by atoms with Crippen LogP contribution in [0.15, 0.2) is 30.3 Å². The summed E-state index contributed by atoms with van der Waals surface area (Å²) >= 11 is 0. The Hall–Kier alpha value is -1.61. The fraction of sp³-hybridized carbons (Fsp3) is 0.471. The third-order valence-corrected chi connectivity index (χ3v) is 3.73. The van der Waals surface area contributed by atoms with Crippen molar-refractivity contribution < 1.29 is 0 Å². The van der Waals surface area contributed by atoms with Gasteiger partial charge in [-0.15, -0.1) is 0 Å². The van der Waals surface area contributed by atoms with Crippen LogP contribution in [0.2, 0.25) is 0 Å². The van der Waals surface area contributed by atoms with Crippen LogP contribution < -0.4 is 5.32 Å². The van der Waals surface area contributed by atoms with E-state index in [1.54, 1.807) is 0 Å². The molecule has 0 saturated heterocycles. The van der Waals surface area contributed by atoms with Crippen molar-refractivity contribution in [2.45, 2.75) is 39.7 Å². The molecular weight excluding hydrogens is 246 g/mol. The van der Waals surface area contributed by atoms with Crippen LogP contribution in [0.5, 0.6) is 0 Å². The maximum Gasteiger partial charge on any atom is 0.0748 e. The third-order valence-electron chi connectivity index (χ3n) is 3.73. The molecule has 2 rings (SSSR count). The first-order valence-electron chi connectivity index (χ1n) is 7.54. The Morgan fingerprint density at radius 1 is 1.15 bits per heavy atom. The fourth-order valence-corrected chi connectivity index (χ4v) is 2.58. The van der Waals surface area contributed by atoms with Crippen molar-refractivity contribution >= 4 is 0 Å². The highest BCUT2D eigenvalue weighted by Gasteiger charge is 2.17. The SMILES string of the molecule is CCNC(c1cccc(CC)c1)c1cc(CC)nn1C. The van der Waals surface area contributed by atoms with Crippen LogP contribution in [0.1, 0.15) is 49.3 Å². The van der Waals surface area contributed by atoms with Crippen molar-refractivity contribution in [3.05, 3.63) is 52.8 Å². The highest BCUT2D eigenvalue weighted by molar-refractivity contribution is 5.32. The molecule has 0 aliphatic rings. The van der Waals surface area contributed by atoms with E-state index in [1.165, 1.54) is 16.8 Å². The van der Waals surface area contributed by atoms with E-state index in [2.05, 4.69) is 61.5 Å². The second kappa shape index (κ2) is 6.71. The molecule has 108 valence electrons. The lowest BCUT2D eigenvalue weighted by Gasteiger charge is -2.19. The van der Waals surface area contributed by atoms with Gasteiger partial charge in [0.2, 0.25) is 0 Å². The van der Waals surface area contributed by atoms with Crippen molar-refractivity contribution in [1.29, 1.82) is 0 Å². The molecule has 1 heterocycles. The normalized spacial score (nSPS) is 12.6. The minimum Gasteiger partial charge on any atom is -0.305 e. The molecule has 0 saturated carbocycles. The van der Waals surface area contributed by atoms with E-state index < -0.39 is 0 Å². The molecule has 0 bridgehead atoms. The predicted octanol–water partition coefficient (Wildman–Crippen LogP) is 3.24. The van der Waals surface area contributed by atoms with Crippen LogP contribution in [-0.2, 0) is 19.9 Å². The summed E-state index contributed by atoms with van der Waals surface area (Å²) in [6.45, 7) is 7.42. The van der Waals surface area contributed by atoms with Crippen molar-refractivity contribution in [3.8, 4) is 0 Å². The van der Waals surface area contributed by atoms with Crippen LogP contribution in [0.4, 0.5) is 0 Å². The van der Waals surface area contributed by atoms with Gasteiger partial charge in [0, 0.05) is 7.05 Å². The van der Waals surface area contributed by atoms with Crippen molar-refractivity contribution in [1.82, 2.24) is 15.1 Å². The maximum absolute atomic E-state index is 4.58. The minimum atomic E-state index is 0.212. The van der Waals surface area contributed by atoms with Gasteiger partial charge >= 0.3 is 0 Å². The van der Waals surface area contributed by atoms with Gasteiger partial charge in [-0.25, -0.2) is 0 Å². The smallest absolute Gasteiger partial charge is 0.0748 e. The van der Waals surface area contributed by atoms with Crippen LogP contribution in [0, 0.1) is 0 Å². The number of nitrogens with one attached hydrogen (secondary N) is 1. The largest absolute Gasteiger partial charge is 0.305 e. The Morgan fingerprint density at radius 2 is 1.95 bits per heavy atom. The zero-order valence-electron chi connectivity index (χ0n) is 13.0. The molecule has 1 aromatic heterocycles. The van der Waals surface area contributed by atoms with E-state index in [0.29, 0.717) is 0 Å². The van der Waals surface area contributed by atoms with E-state index in [4.69, 9.17) is 0 Å². The lowest BCUT2D eigenvalue weighted by Crippen LogP contribution is -2.24. The van der Waals surface area contributed by atoms with Crippen molar-refractivity contribution in [2.24, 2.45) is 7.05 Å². The monoisotopic (exact) mass is 271 g/mol. The molecule has 0 fully saturated rings. The molecule has 1 N–H and O–H groups in total. The van der Waals surface area contributed by atoms with Gasteiger partial charge in [0.15, 0.2) is 0 Å². The number of hydrogen-bond donors (Lipinski definition) is 1. The van der Waals surface area contributed by atoms with Gasteiger partial charge in [0.05, 0.1) is 17.4 Å². The molecule has 0 aliphatic carbocycles. The van der Waals surface area contributed by atoms with Gasteiger partial charge in [-0.05, 0) is 36.6 Å². The number of nitrogens with zero attached hydrogens (tertiary/aromatic N) is 2. The zero-order chi connectivity index (χ0) is 14.5. The van der Waals surface area contributed by atoms with Gasteiger partial charge in [-0.3, -0.25) is 4.68 Å². The van der Waals surface area contributed by atoms with Gasteiger partial charge in [0.1, 0.15) is 0 Å². The molecule has 2 aromatic rings. The summed E-state index contributed by atoms with van der Waals surface area (Å²) in [5.41, 5.74) is 5.08. The highest BCUT2D eigenvalue weighted by atomic mass is 15.3. The summed E-state index contributed by atoms with van der Waals surface area (Å²) in [5.74, 6) is 0. The van der Waals surface area contributed by atoms with Gasteiger partial charge in [-0.1, -0.05) is 45.0 Å². The molecule has 1 atom stereocenters. The summed E-state index contributed by atoms with van der Waals surface area (Å²) in [7, 11) is 2.03. The lowest BCUT2D eigenvalue weighted by atomic mass is 10.00. The first kappa shape index (κ1) is 14.8. The molecule has 20 heavy (non-hydrogen) atoms. The lowest BCUT2D eigenvalue weighted by molar-refractivity contribution is 0.571. The van der Waals surface area contributed by atoms with Gasteiger partial charge < -0.3 is 5.32 Å². The Kier molecular flexibility index (Phi) is 4.96.